The largest absolute Gasteiger partial charge is 0.458 e. The van der Waals surface area contributed by atoms with Crippen molar-refractivity contribution in [1.82, 2.24) is 4.57 Å². The van der Waals surface area contributed by atoms with Crippen molar-refractivity contribution in [3.8, 4) is 39.4 Å². The molecular weight excluding hydrogens is 533 g/mol. The standard InChI is InChI=1S/C41H32BNO/c1-25-19-36-39-38(20-25)44-37-18-16-30(41(2,3)4)24-33(37)42(39)34-23-29(27-13-9-6-10-14-27)22-32-31-21-28(26-11-7-5-8-12-26)15-17-35(31)43(36)40(32)34/h5-24H,1-4H3. The minimum absolute atomic E-state index is 0.0318. The Morgan fingerprint density at radius 2 is 1.30 bits per heavy atom. The molecule has 7 aromatic rings. The summed E-state index contributed by atoms with van der Waals surface area (Å²) < 4.78 is 9.26. The van der Waals surface area contributed by atoms with Gasteiger partial charge in [0.15, 0.2) is 0 Å². The summed E-state index contributed by atoms with van der Waals surface area (Å²) in [6.07, 6.45) is 0. The van der Waals surface area contributed by atoms with Crippen LogP contribution in [0.3, 0.4) is 0 Å². The molecule has 2 aliphatic rings. The molecule has 0 radical (unpaired) electrons. The molecule has 0 bridgehead atoms. The quantitative estimate of drug-likeness (QED) is 0.191. The van der Waals surface area contributed by atoms with Gasteiger partial charge in [0.2, 0.25) is 0 Å². The first kappa shape index (κ1) is 25.5. The SMILES string of the molecule is Cc1cc2c3c(c1)-n1c4ccc(-c5ccccc5)cc4c4cc(-c5ccccc5)cc(c41)B3c1cc(C(C)(C)C)ccc1O2. The van der Waals surface area contributed by atoms with Gasteiger partial charge in [0, 0.05) is 22.0 Å². The van der Waals surface area contributed by atoms with Crippen LogP contribution in [0, 0.1) is 6.92 Å². The van der Waals surface area contributed by atoms with Crippen molar-refractivity contribution in [2.75, 3.05) is 0 Å². The second kappa shape index (κ2) is 9.00. The maximum atomic E-state index is 6.75. The molecule has 0 spiro atoms. The fourth-order valence-corrected chi connectivity index (χ4v) is 7.49. The van der Waals surface area contributed by atoms with Gasteiger partial charge in [-0.25, -0.2) is 0 Å². The van der Waals surface area contributed by atoms with E-state index in [1.54, 1.807) is 0 Å². The van der Waals surface area contributed by atoms with Gasteiger partial charge in [-0.15, -0.1) is 0 Å². The van der Waals surface area contributed by atoms with E-state index in [1.165, 1.54) is 77.3 Å². The zero-order valence-corrected chi connectivity index (χ0v) is 25.5. The molecule has 0 saturated heterocycles. The molecule has 2 nitrogen and oxygen atoms in total. The average Bonchev–Trinajstić information content (AvgIpc) is 3.37. The first-order chi connectivity index (χ1) is 21.3. The predicted octanol–water partition coefficient (Wildman–Crippen LogP) is 8.66. The number of ether oxygens (including phenoxy) is 1. The lowest BCUT2D eigenvalue weighted by atomic mass is 9.34. The third kappa shape index (κ3) is 3.62. The highest BCUT2D eigenvalue weighted by Gasteiger charge is 2.41. The number of rotatable bonds is 2. The van der Waals surface area contributed by atoms with E-state index in [-0.39, 0.29) is 12.1 Å². The summed E-state index contributed by atoms with van der Waals surface area (Å²) in [6, 6.07) is 44.8. The van der Waals surface area contributed by atoms with Crippen LogP contribution in [0.25, 0.3) is 49.7 Å². The van der Waals surface area contributed by atoms with Crippen LogP contribution in [0.5, 0.6) is 11.5 Å². The molecule has 44 heavy (non-hydrogen) atoms. The minimum Gasteiger partial charge on any atom is -0.458 e. The summed E-state index contributed by atoms with van der Waals surface area (Å²) in [5.74, 6) is 1.92. The summed E-state index contributed by atoms with van der Waals surface area (Å²) in [4.78, 5) is 0. The lowest BCUT2D eigenvalue weighted by molar-refractivity contribution is 0.485. The molecule has 210 valence electrons. The van der Waals surface area contributed by atoms with Gasteiger partial charge in [0.05, 0.1) is 5.52 Å². The average molecular weight is 566 g/mol. The Bertz CT molecular complexity index is 2290. The molecule has 3 heteroatoms. The van der Waals surface area contributed by atoms with Gasteiger partial charge in [0.25, 0.3) is 6.71 Å². The number of nitrogens with zero attached hydrogens (tertiary/aromatic N) is 1. The summed E-state index contributed by atoms with van der Waals surface area (Å²) >= 11 is 0. The Balaban J connectivity index is 1.44. The highest BCUT2D eigenvalue weighted by Crippen LogP contribution is 2.41. The van der Waals surface area contributed by atoms with Crippen molar-refractivity contribution in [2.45, 2.75) is 33.1 Å². The molecule has 0 fully saturated rings. The molecule has 3 heterocycles. The Kier molecular flexibility index (Phi) is 5.21. The van der Waals surface area contributed by atoms with Crippen LogP contribution in [0.4, 0.5) is 0 Å². The van der Waals surface area contributed by atoms with E-state index in [0.29, 0.717) is 0 Å². The second-order valence-corrected chi connectivity index (χ2v) is 13.5. The summed E-state index contributed by atoms with van der Waals surface area (Å²) in [5, 5.41) is 2.57. The van der Waals surface area contributed by atoms with Gasteiger partial charge in [0.1, 0.15) is 11.5 Å². The first-order valence-corrected chi connectivity index (χ1v) is 15.6. The van der Waals surface area contributed by atoms with Crippen molar-refractivity contribution in [3.05, 3.63) is 132 Å². The predicted molar refractivity (Wildman–Crippen MR) is 186 cm³/mol. The van der Waals surface area contributed by atoms with Crippen LogP contribution in [0.15, 0.2) is 121 Å². The summed E-state index contributed by atoms with van der Waals surface area (Å²) in [5.41, 5.74) is 15.1. The van der Waals surface area contributed by atoms with Gasteiger partial charge in [-0.1, -0.05) is 106 Å². The summed E-state index contributed by atoms with van der Waals surface area (Å²) in [6.45, 7) is 9.12. The van der Waals surface area contributed by atoms with Gasteiger partial charge in [-0.2, -0.15) is 0 Å². The smallest absolute Gasteiger partial charge is 0.256 e. The maximum Gasteiger partial charge on any atom is 0.256 e. The molecule has 0 saturated carbocycles. The molecule has 1 aromatic heterocycles. The van der Waals surface area contributed by atoms with Crippen LogP contribution in [0.1, 0.15) is 31.9 Å². The molecule has 0 aliphatic carbocycles. The molecule has 0 unspecified atom stereocenters. The molecule has 6 aromatic carbocycles. The van der Waals surface area contributed by atoms with E-state index in [1.807, 2.05) is 0 Å². The Labute approximate surface area is 258 Å². The fraction of sp³-hybridized carbons (Fsp3) is 0.122. The number of hydrogen-bond acceptors (Lipinski definition) is 1. The Morgan fingerprint density at radius 1 is 0.591 bits per heavy atom. The number of aryl methyl sites for hydroxylation is 1. The molecular formula is C41H32BNO. The van der Waals surface area contributed by atoms with Crippen molar-refractivity contribution >= 4 is 44.9 Å². The van der Waals surface area contributed by atoms with E-state index in [9.17, 15) is 0 Å². The second-order valence-electron chi connectivity index (χ2n) is 13.5. The van der Waals surface area contributed by atoms with Gasteiger partial charge >= 0.3 is 0 Å². The van der Waals surface area contributed by atoms with Crippen LogP contribution in [-0.2, 0) is 5.41 Å². The molecule has 2 aliphatic heterocycles. The van der Waals surface area contributed by atoms with Crippen molar-refractivity contribution in [3.63, 3.8) is 0 Å². The first-order valence-electron chi connectivity index (χ1n) is 15.6. The Hall–Kier alpha value is -5.02. The van der Waals surface area contributed by atoms with Crippen LogP contribution < -0.4 is 21.1 Å². The Morgan fingerprint density at radius 3 is 2.02 bits per heavy atom. The molecule has 0 atom stereocenters. The zero-order chi connectivity index (χ0) is 29.7. The third-order valence-corrected chi connectivity index (χ3v) is 9.62. The van der Waals surface area contributed by atoms with Gasteiger partial charge in [-0.3, -0.25) is 0 Å². The number of benzene rings is 6. The van der Waals surface area contributed by atoms with Crippen molar-refractivity contribution in [1.29, 1.82) is 0 Å². The minimum atomic E-state index is 0.0318. The van der Waals surface area contributed by atoms with E-state index < -0.39 is 0 Å². The fourth-order valence-electron chi connectivity index (χ4n) is 7.49. The normalized spacial score (nSPS) is 13.1. The number of fused-ring (bicyclic) bond motifs is 7. The van der Waals surface area contributed by atoms with Crippen molar-refractivity contribution < 1.29 is 4.74 Å². The van der Waals surface area contributed by atoms with Crippen LogP contribution in [0.2, 0.25) is 0 Å². The van der Waals surface area contributed by atoms with E-state index in [0.717, 1.165) is 11.5 Å². The lowest BCUT2D eigenvalue weighted by Gasteiger charge is -2.34. The van der Waals surface area contributed by atoms with Crippen LogP contribution >= 0.6 is 0 Å². The number of aromatic nitrogens is 1. The number of hydrogen-bond donors (Lipinski definition) is 0. The molecule has 9 rings (SSSR count). The van der Waals surface area contributed by atoms with E-state index >= 15 is 0 Å². The third-order valence-electron chi connectivity index (χ3n) is 9.62. The topological polar surface area (TPSA) is 14.2 Å². The summed E-state index contributed by atoms with van der Waals surface area (Å²) in [7, 11) is 0. The highest BCUT2D eigenvalue weighted by molar-refractivity contribution is 6.99. The lowest BCUT2D eigenvalue weighted by Crippen LogP contribution is -2.58. The monoisotopic (exact) mass is 565 g/mol. The van der Waals surface area contributed by atoms with Gasteiger partial charge in [-0.05, 0) is 98.5 Å². The van der Waals surface area contributed by atoms with Crippen LogP contribution in [-0.4, -0.2) is 11.3 Å². The molecule has 0 amide bonds. The van der Waals surface area contributed by atoms with Crippen molar-refractivity contribution in [2.24, 2.45) is 0 Å². The van der Waals surface area contributed by atoms with E-state index in [4.69, 9.17) is 4.74 Å². The zero-order valence-electron chi connectivity index (χ0n) is 25.5. The van der Waals surface area contributed by atoms with Gasteiger partial charge < -0.3 is 9.30 Å². The molecule has 0 N–H and O–H groups in total. The van der Waals surface area contributed by atoms with E-state index in [2.05, 4.69) is 154 Å². The maximum absolute atomic E-state index is 6.75. The highest BCUT2D eigenvalue weighted by atomic mass is 16.5.